The van der Waals surface area contributed by atoms with Gasteiger partial charge in [0, 0.05) is 17.8 Å². The summed E-state index contributed by atoms with van der Waals surface area (Å²) in [7, 11) is 0. The lowest BCUT2D eigenvalue weighted by molar-refractivity contribution is -0.137. The molecule has 0 atom stereocenters. The van der Waals surface area contributed by atoms with E-state index in [4.69, 9.17) is 5.11 Å². The molecule has 82 valence electrons. The van der Waals surface area contributed by atoms with Crippen LogP contribution in [0, 0.1) is 0 Å². The van der Waals surface area contributed by atoms with E-state index in [1.807, 2.05) is 13.8 Å². The largest absolute Gasteiger partial charge is 0.481 e. The highest BCUT2D eigenvalue weighted by Crippen LogP contribution is 2.07. The fourth-order valence-electron chi connectivity index (χ4n) is 1.57. The van der Waals surface area contributed by atoms with Crippen LogP contribution in [0.2, 0.25) is 0 Å². The fraction of sp³-hybridized carbons (Fsp3) is 0.455. The molecule has 0 unspecified atom stereocenters. The van der Waals surface area contributed by atoms with Crippen LogP contribution in [0.5, 0.6) is 0 Å². The first-order chi connectivity index (χ1) is 7.02. The summed E-state index contributed by atoms with van der Waals surface area (Å²) in [5.74, 6) is -0.846. The number of carboxylic acid groups (broad SMARTS) is 1. The number of aromatic nitrogens is 1. The zero-order valence-electron chi connectivity index (χ0n) is 8.93. The number of aliphatic carboxylic acids is 1. The highest BCUT2D eigenvalue weighted by atomic mass is 16.4. The summed E-state index contributed by atoms with van der Waals surface area (Å²) < 4.78 is 1.63. The van der Waals surface area contributed by atoms with Gasteiger partial charge >= 0.3 is 5.97 Å². The number of nitrogens with zero attached hydrogens (tertiary/aromatic N) is 1. The molecule has 1 rings (SSSR count). The number of hydrogen-bond donors (Lipinski definition) is 1. The Morgan fingerprint density at radius 1 is 1.47 bits per heavy atom. The van der Waals surface area contributed by atoms with Crippen LogP contribution < -0.4 is 5.56 Å². The van der Waals surface area contributed by atoms with E-state index in [1.54, 1.807) is 16.7 Å². The summed E-state index contributed by atoms with van der Waals surface area (Å²) >= 11 is 0. The van der Waals surface area contributed by atoms with Gasteiger partial charge in [-0.15, -0.1) is 0 Å². The molecule has 1 N–H and O–H groups in total. The summed E-state index contributed by atoms with van der Waals surface area (Å²) in [5.41, 5.74) is 0.702. The standard InChI is InChI=1S/C11H15NO3/c1-8(2)12-9(6-7-11(14)15)4-3-5-10(12)13/h3-5,8H,6-7H2,1-2H3,(H,14,15). The third-order valence-corrected chi connectivity index (χ3v) is 2.19. The molecule has 0 fully saturated rings. The van der Waals surface area contributed by atoms with Gasteiger partial charge in [-0.05, 0) is 26.3 Å². The molecule has 4 heteroatoms. The topological polar surface area (TPSA) is 59.3 Å². The third-order valence-electron chi connectivity index (χ3n) is 2.19. The van der Waals surface area contributed by atoms with Crippen molar-refractivity contribution in [2.45, 2.75) is 32.7 Å². The summed E-state index contributed by atoms with van der Waals surface area (Å²) in [6.45, 7) is 3.82. The predicted octanol–water partition coefficient (Wildman–Crippen LogP) is 1.45. The Morgan fingerprint density at radius 3 is 2.67 bits per heavy atom. The van der Waals surface area contributed by atoms with Crippen LogP contribution in [0.3, 0.4) is 0 Å². The molecule has 1 aromatic heterocycles. The van der Waals surface area contributed by atoms with Gasteiger partial charge in [0.15, 0.2) is 0 Å². The van der Waals surface area contributed by atoms with Crippen LogP contribution in [0.15, 0.2) is 23.0 Å². The number of aryl methyl sites for hydroxylation is 1. The van der Waals surface area contributed by atoms with E-state index >= 15 is 0 Å². The summed E-state index contributed by atoms with van der Waals surface area (Å²) in [6.07, 6.45) is 0.444. The van der Waals surface area contributed by atoms with Crippen LogP contribution >= 0.6 is 0 Å². The highest BCUT2D eigenvalue weighted by molar-refractivity contribution is 5.66. The highest BCUT2D eigenvalue weighted by Gasteiger charge is 2.08. The van der Waals surface area contributed by atoms with Gasteiger partial charge in [0.1, 0.15) is 0 Å². The maximum Gasteiger partial charge on any atom is 0.303 e. The van der Waals surface area contributed by atoms with E-state index in [9.17, 15) is 9.59 Å². The second-order valence-corrected chi connectivity index (χ2v) is 3.71. The monoisotopic (exact) mass is 209 g/mol. The first kappa shape index (κ1) is 11.5. The molecule has 0 aliphatic rings. The smallest absolute Gasteiger partial charge is 0.303 e. The Labute approximate surface area is 88.2 Å². The number of pyridine rings is 1. The molecule has 0 spiro atoms. The fourth-order valence-corrected chi connectivity index (χ4v) is 1.57. The summed E-state index contributed by atoms with van der Waals surface area (Å²) in [5, 5.41) is 8.59. The molecular formula is C11H15NO3. The molecule has 1 heterocycles. The van der Waals surface area contributed by atoms with E-state index < -0.39 is 5.97 Å². The Hall–Kier alpha value is -1.58. The minimum atomic E-state index is -0.846. The van der Waals surface area contributed by atoms with E-state index in [1.165, 1.54) is 6.07 Å². The van der Waals surface area contributed by atoms with Crippen molar-refractivity contribution >= 4 is 5.97 Å². The van der Waals surface area contributed by atoms with Gasteiger partial charge in [0.05, 0.1) is 6.42 Å². The quantitative estimate of drug-likeness (QED) is 0.816. The second kappa shape index (κ2) is 4.77. The summed E-state index contributed by atoms with van der Waals surface area (Å²) in [6, 6.07) is 5.01. The first-order valence-corrected chi connectivity index (χ1v) is 4.94. The first-order valence-electron chi connectivity index (χ1n) is 4.94. The molecule has 0 aliphatic heterocycles. The minimum Gasteiger partial charge on any atom is -0.481 e. The molecule has 0 aliphatic carbocycles. The number of rotatable bonds is 4. The molecule has 15 heavy (non-hydrogen) atoms. The maximum absolute atomic E-state index is 11.5. The molecular weight excluding hydrogens is 194 g/mol. The van der Waals surface area contributed by atoms with E-state index in [-0.39, 0.29) is 18.0 Å². The van der Waals surface area contributed by atoms with Gasteiger partial charge in [0.2, 0.25) is 0 Å². The average Bonchev–Trinajstić information content (AvgIpc) is 2.13. The van der Waals surface area contributed by atoms with Gasteiger partial charge in [-0.3, -0.25) is 9.59 Å². The van der Waals surface area contributed by atoms with Crippen molar-refractivity contribution in [2.75, 3.05) is 0 Å². The second-order valence-electron chi connectivity index (χ2n) is 3.71. The Morgan fingerprint density at radius 2 is 2.13 bits per heavy atom. The number of carboxylic acids is 1. The lowest BCUT2D eigenvalue weighted by atomic mass is 10.2. The molecule has 0 amide bonds. The molecule has 1 aromatic rings. The van der Waals surface area contributed by atoms with Crippen molar-refractivity contribution in [3.63, 3.8) is 0 Å². The summed E-state index contributed by atoms with van der Waals surface area (Å²) in [4.78, 5) is 22.0. The third kappa shape index (κ3) is 2.94. The van der Waals surface area contributed by atoms with Crippen molar-refractivity contribution in [3.05, 3.63) is 34.2 Å². The minimum absolute atomic E-state index is 0.0518. The van der Waals surface area contributed by atoms with Crippen molar-refractivity contribution in [3.8, 4) is 0 Å². The molecule has 0 saturated heterocycles. The lowest BCUT2D eigenvalue weighted by Crippen LogP contribution is -2.24. The van der Waals surface area contributed by atoms with Gasteiger partial charge in [0.25, 0.3) is 5.56 Å². The Kier molecular flexibility index (Phi) is 3.66. The van der Waals surface area contributed by atoms with Crippen molar-refractivity contribution in [1.82, 2.24) is 4.57 Å². The van der Waals surface area contributed by atoms with Crippen molar-refractivity contribution in [2.24, 2.45) is 0 Å². The molecule has 0 radical (unpaired) electrons. The Bertz CT molecular complexity index is 407. The van der Waals surface area contributed by atoms with Gasteiger partial charge < -0.3 is 9.67 Å². The van der Waals surface area contributed by atoms with Gasteiger partial charge in [-0.1, -0.05) is 6.07 Å². The lowest BCUT2D eigenvalue weighted by Gasteiger charge is -2.15. The molecule has 0 saturated carbocycles. The molecule has 4 nitrogen and oxygen atoms in total. The van der Waals surface area contributed by atoms with Crippen LogP contribution in [-0.2, 0) is 11.2 Å². The van der Waals surface area contributed by atoms with Crippen molar-refractivity contribution in [1.29, 1.82) is 0 Å². The average molecular weight is 209 g/mol. The van der Waals surface area contributed by atoms with E-state index in [0.717, 1.165) is 5.69 Å². The van der Waals surface area contributed by atoms with E-state index in [2.05, 4.69) is 0 Å². The molecule has 0 aromatic carbocycles. The van der Waals surface area contributed by atoms with Crippen LogP contribution in [0.1, 0.15) is 32.0 Å². The van der Waals surface area contributed by atoms with Gasteiger partial charge in [-0.25, -0.2) is 0 Å². The predicted molar refractivity (Wildman–Crippen MR) is 57.0 cm³/mol. The zero-order chi connectivity index (χ0) is 11.4. The normalized spacial score (nSPS) is 10.6. The SMILES string of the molecule is CC(C)n1c(CCC(=O)O)cccc1=O. The zero-order valence-corrected chi connectivity index (χ0v) is 8.93. The van der Waals surface area contributed by atoms with Crippen molar-refractivity contribution < 1.29 is 9.90 Å². The Balaban J connectivity index is 3.01. The van der Waals surface area contributed by atoms with Crippen LogP contribution in [0.25, 0.3) is 0 Å². The van der Waals surface area contributed by atoms with Gasteiger partial charge in [-0.2, -0.15) is 0 Å². The van der Waals surface area contributed by atoms with E-state index in [0.29, 0.717) is 6.42 Å². The maximum atomic E-state index is 11.5. The van der Waals surface area contributed by atoms with Crippen LogP contribution in [0.4, 0.5) is 0 Å². The molecule has 0 bridgehead atoms. The number of carbonyl (C=O) groups is 1. The number of hydrogen-bond acceptors (Lipinski definition) is 2. The van der Waals surface area contributed by atoms with Crippen LogP contribution in [-0.4, -0.2) is 15.6 Å².